The van der Waals surface area contributed by atoms with Crippen molar-refractivity contribution < 1.29 is 4.74 Å². The van der Waals surface area contributed by atoms with Crippen molar-refractivity contribution in [1.29, 1.82) is 0 Å². The van der Waals surface area contributed by atoms with Crippen LogP contribution in [0.4, 0.5) is 0 Å². The zero-order chi connectivity index (χ0) is 14.7. The maximum atomic E-state index is 6.22. The molecule has 112 valence electrons. The van der Waals surface area contributed by atoms with Crippen LogP contribution in [0.1, 0.15) is 17.6 Å². The SMILES string of the molecule is CCNC(Cc1nc(C)cs1)C1CSc2ccccc2O1. The Bertz CT molecular complexity index is 599. The number of thioether (sulfide) groups is 1. The van der Waals surface area contributed by atoms with Gasteiger partial charge in [0.25, 0.3) is 0 Å². The van der Waals surface area contributed by atoms with E-state index in [4.69, 9.17) is 4.74 Å². The van der Waals surface area contributed by atoms with E-state index in [1.165, 1.54) is 9.90 Å². The van der Waals surface area contributed by atoms with Gasteiger partial charge in [-0.1, -0.05) is 19.1 Å². The molecule has 0 bridgehead atoms. The van der Waals surface area contributed by atoms with Crippen LogP contribution < -0.4 is 10.1 Å². The summed E-state index contributed by atoms with van der Waals surface area (Å²) in [7, 11) is 0. The summed E-state index contributed by atoms with van der Waals surface area (Å²) in [6, 6.07) is 8.60. The summed E-state index contributed by atoms with van der Waals surface area (Å²) in [5.74, 6) is 2.00. The average molecular weight is 320 g/mol. The molecule has 0 amide bonds. The molecular weight excluding hydrogens is 300 g/mol. The second kappa shape index (κ2) is 6.81. The van der Waals surface area contributed by atoms with E-state index < -0.39 is 0 Å². The van der Waals surface area contributed by atoms with Crippen LogP contribution in [0.5, 0.6) is 5.75 Å². The van der Waals surface area contributed by atoms with E-state index in [1.54, 1.807) is 11.3 Å². The van der Waals surface area contributed by atoms with E-state index in [0.29, 0.717) is 6.04 Å². The second-order valence-electron chi connectivity index (χ2n) is 5.16. The maximum Gasteiger partial charge on any atom is 0.133 e. The number of ether oxygens (including phenoxy) is 1. The molecule has 3 nitrogen and oxygen atoms in total. The summed E-state index contributed by atoms with van der Waals surface area (Å²) >= 11 is 3.62. The molecule has 1 aliphatic rings. The minimum Gasteiger partial charge on any atom is -0.487 e. The predicted molar refractivity (Wildman–Crippen MR) is 89.6 cm³/mol. The molecule has 0 saturated heterocycles. The highest BCUT2D eigenvalue weighted by molar-refractivity contribution is 7.99. The number of nitrogens with zero attached hydrogens (tertiary/aromatic N) is 1. The molecule has 1 aromatic carbocycles. The standard InChI is InChI=1S/C16H20N2OS2/c1-3-17-12(8-16-18-11(2)9-21-16)14-10-20-15-7-5-4-6-13(15)19-14/h4-7,9,12,14,17H,3,8,10H2,1-2H3. The summed E-state index contributed by atoms with van der Waals surface area (Å²) in [4.78, 5) is 5.83. The number of rotatable bonds is 5. The van der Waals surface area contributed by atoms with E-state index in [0.717, 1.165) is 30.2 Å². The first-order valence-electron chi connectivity index (χ1n) is 7.29. The fraction of sp³-hybridized carbons (Fsp3) is 0.438. The number of nitrogens with one attached hydrogen (secondary N) is 1. The number of benzene rings is 1. The van der Waals surface area contributed by atoms with Crippen LogP contribution in [0.15, 0.2) is 34.5 Å². The van der Waals surface area contributed by atoms with Crippen LogP contribution in [0.2, 0.25) is 0 Å². The van der Waals surface area contributed by atoms with Crippen LogP contribution in [0.3, 0.4) is 0 Å². The highest BCUT2D eigenvalue weighted by Gasteiger charge is 2.28. The molecule has 0 radical (unpaired) electrons. The predicted octanol–water partition coefficient (Wildman–Crippen LogP) is 3.53. The molecule has 1 N–H and O–H groups in total. The molecule has 3 rings (SSSR count). The third kappa shape index (κ3) is 3.59. The summed E-state index contributed by atoms with van der Waals surface area (Å²) in [5.41, 5.74) is 1.11. The van der Waals surface area contributed by atoms with Gasteiger partial charge in [0.15, 0.2) is 0 Å². The Labute approximate surface area is 134 Å². The number of para-hydroxylation sites is 1. The Morgan fingerprint density at radius 3 is 3.05 bits per heavy atom. The third-order valence-corrected chi connectivity index (χ3v) is 5.64. The lowest BCUT2D eigenvalue weighted by atomic mass is 10.1. The average Bonchev–Trinajstić information content (AvgIpc) is 2.91. The van der Waals surface area contributed by atoms with Gasteiger partial charge < -0.3 is 10.1 Å². The van der Waals surface area contributed by atoms with E-state index in [2.05, 4.69) is 40.8 Å². The molecule has 0 spiro atoms. The number of thiazole rings is 1. The van der Waals surface area contributed by atoms with E-state index in [9.17, 15) is 0 Å². The van der Waals surface area contributed by atoms with Gasteiger partial charge in [-0.2, -0.15) is 0 Å². The molecule has 1 aromatic heterocycles. The van der Waals surface area contributed by atoms with Crippen molar-refractivity contribution >= 4 is 23.1 Å². The molecule has 21 heavy (non-hydrogen) atoms. The van der Waals surface area contributed by atoms with Gasteiger partial charge in [-0.3, -0.25) is 0 Å². The Morgan fingerprint density at radius 2 is 2.29 bits per heavy atom. The lowest BCUT2D eigenvalue weighted by molar-refractivity contribution is 0.166. The van der Waals surface area contributed by atoms with Crippen LogP contribution >= 0.6 is 23.1 Å². The highest BCUT2D eigenvalue weighted by Crippen LogP contribution is 2.36. The molecule has 2 heterocycles. The van der Waals surface area contributed by atoms with Gasteiger partial charge in [0.2, 0.25) is 0 Å². The number of aryl methyl sites for hydroxylation is 1. The zero-order valence-electron chi connectivity index (χ0n) is 12.3. The number of hydrogen-bond acceptors (Lipinski definition) is 5. The molecule has 0 saturated carbocycles. The normalized spacial score (nSPS) is 18.9. The molecule has 2 aromatic rings. The smallest absolute Gasteiger partial charge is 0.133 e. The highest BCUT2D eigenvalue weighted by atomic mass is 32.2. The molecule has 0 aliphatic carbocycles. The minimum absolute atomic E-state index is 0.189. The molecule has 2 atom stereocenters. The fourth-order valence-corrected chi connectivity index (χ4v) is 4.43. The van der Waals surface area contributed by atoms with Gasteiger partial charge in [-0.15, -0.1) is 23.1 Å². The van der Waals surface area contributed by atoms with Crippen molar-refractivity contribution in [2.24, 2.45) is 0 Å². The summed E-state index contributed by atoms with van der Waals surface area (Å²) in [6.45, 7) is 5.14. The summed E-state index contributed by atoms with van der Waals surface area (Å²) in [5, 5.41) is 6.87. The van der Waals surface area contributed by atoms with Crippen LogP contribution in [0, 0.1) is 6.92 Å². The van der Waals surface area contributed by atoms with Gasteiger partial charge in [-0.25, -0.2) is 4.98 Å². The zero-order valence-corrected chi connectivity index (χ0v) is 14.0. The van der Waals surface area contributed by atoms with Crippen molar-refractivity contribution in [3.8, 4) is 5.75 Å². The number of fused-ring (bicyclic) bond motifs is 1. The molecule has 2 unspecified atom stereocenters. The first-order valence-corrected chi connectivity index (χ1v) is 9.15. The van der Waals surface area contributed by atoms with Gasteiger partial charge in [0, 0.05) is 28.1 Å². The van der Waals surface area contributed by atoms with Crippen LogP contribution in [-0.2, 0) is 6.42 Å². The van der Waals surface area contributed by atoms with Crippen molar-refractivity contribution in [3.05, 3.63) is 40.3 Å². The van der Waals surface area contributed by atoms with E-state index in [-0.39, 0.29) is 6.10 Å². The van der Waals surface area contributed by atoms with Gasteiger partial charge in [0.05, 0.1) is 11.0 Å². The van der Waals surface area contributed by atoms with Gasteiger partial charge >= 0.3 is 0 Å². The molecular formula is C16H20N2OS2. The first-order chi connectivity index (χ1) is 10.3. The summed E-state index contributed by atoms with van der Waals surface area (Å²) in [6.07, 6.45) is 1.12. The first kappa shape index (κ1) is 14.9. The van der Waals surface area contributed by atoms with Crippen LogP contribution in [-0.4, -0.2) is 29.4 Å². The maximum absolute atomic E-state index is 6.22. The quantitative estimate of drug-likeness (QED) is 0.914. The molecule has 0 fully saturated rings. The summed E-state index contributed by atoms with van der Waals surface area (Å²) < 4.78 is 6.22. The van der Waals surface area contributed by atoms with Gasteiger partial charge in [-0.05, 0) is 25.6 Å². The number of hydrogen-bond donors (Lipinski definition) is 1. The Morgan fingerprint density at radius 1 is 1.43 bits per heavy atom. The molecule has 1 aliphatic heterocycles. The van der Waals surface area contributed by atoms with E-state index >= 15 is 0 Å². The Hall–Kier alpha value is -1.04. The number of likely N-dealkylation sites (N-methyl/N-ethyl adjacent to an activating group) is 1. The lowest BCUT2D eigenvalue weighted by Crippen LogP contribution is -2.47. The third-order valence-electron chi connectivity index (χ3n) is 3.51. The Balaban J connectivity index is 1.72. The fourth-order valence-electron chi connectivity index (χ4n) is 2.52. The second-order valence-corrected chi connectivity index (χ2v) is 7.17. The van der Waals surface area contributed by atoms with Gasteiger partial charge in [0.1, 0.15) is 11.9 Å². The topological polar surface area (TPSA) is 34.2 Å². The molecule has 5 heteroatoms. The Kier molecular flexibility index (Phi) is 4.83. The monoisotopic (exact) mass is 320 g/mol. The van der Waals surface area contributed by atoms with Crippen LogP contribution in [0.25, 0.3) is 0 Å². The lowest BCUT2D eigenvalue weighted by Gasteiger charge is -2.32. The van der Waals surface area contributed by atoms with E-state index in [1.807, 2.05) is 24.8 Å². The minimum atomic E-state index is 0.189. The largest absolute Gasteiger partial charge is 0.487 e. The van der Waals surface area contributed by atoms with Crippen molar-refractivity contribution in [1.82, 2.24) is 10.3 Å². The van der Waals surface area contributed by atoms with Crippen molar-refractivity contribution in [2.45, 2.75) is 37.3 Å². The van der Waals surface area contributed by atoms with Crippen molar-refractivity contribution in [3.63, 3.8) is 0 Å². The van der Waals surface area contributed by atoms with Crippen molar-refractivity contribution in [2.75, 3.05) is 12.3 Å². The number of aromatic nitrogens is 1.